The van der Waals surface area contributed by atoms with Crippen LogP contribution < -0.4 is 5.32 Å². The summed E-state index contributed by atoms with van der Waals surface area (Å²) in [5.41, 5.74) is 3.02. The number of thioether (sulfide) groups is 1. The molecule has 5 nitrogen and oxygen atoms in total. The summed E-state index contributed by atoms with van der Waals surface area (Å²) < 4.78 is 3.17. The van der Waals surface area contributed by atoms with Crippen molar-refractivity contribution < 1.29 is 4.79 Å². The molecular formula is C19H19IN4OS. The highest BCUT2D eigenvalue weighted by Crippen LogP contribution is 2.24. The highest BCUT2D eigenvalue weighted by Gasteiger charge is 2.14. The summed E-state index contributed by atoms with van der Waals surface area (Å²) in [6.07, 6.45) is 0. The van der Waals surface area contributed by atoms with E-state index in [0.29, 0.717) is 0 Å². The molecule has 0 unspecified atom stereocenters. The van der Waals surface area contributed by atoms with Gasteiger partial charge < -0.3 is 9.88 Å². The average molecular weight is 478 g/mol. The standard InChI is InChI=1S/C19H19IN4OS/c1-3-24-18(14-6-4-5-13(2)11-14)22-23-19(24)26-12-17(25)21-16-9-7-15(20)8-10-16/h4-11H,3,12H2,1-2H3,(H,21,25). The van der Waals surface area contributed by atoms with Crippen molar-refractivity contribution in [3.8, 4) is 11.4 Å². The van der Waals surface area contributed by atoms with Crippen LogP contribution in [0.3, 0.4) is 0 Å². The van der Waals surface area contributed by atoms with E-state index in [-0.39, 0.29) is 11.7 Å². The van der Waals surface area contributed by atoms with E-state index >= 15 is 0 Å². The Morgan fingerprint density at radius 2 is 1.96 bits per heavy atom. The van der Waals surface area contributed by atoms with E-state index in [9.17, 15) is 4.79 Å². The van der Waals surface area contributed by atoms with Crippen molar-refractivity contribution in [1.82, 2.24) is 14.8 Å². The molecule has 0 spiro atoms. The molecule has 7 heteroatoms. The maximum absolute atomic E-state index is 12.2. The first-order valence-electron chi connectivity index (χ1n) is 8.25. The number of aryl methyl sites for hydroxylation is 1. The van der Waals surface area contributed by atoms with Gasteiger partial charge in [0.05, 0.1) is 5.75 Å². The second kappa shape index (κ2) is 8.68. The van der Waals surface area contributed by atoms with Crippen molar-refractivity contribution in [3.05, 3.63) is 57.7 Å². The number of benzene rings is 2. The monoisotopic (exact) mass is 478 g/mol. The number of carbonyl (C=O) groups excluding carboxylic acids is 1. The first kappa shape index (κ1) is 18.9. The van der Waals surface area contributed by atoms with Crippen LogP contribution in [0, 0.1) is 10.5 Å². The van der Waals surface area contributed by atoms with Gasteiger partial charge in [-0.2, -0.15) is 0 Å². The van der Waals surface area contributed by atoms with Gasteiger partial charge >= 0.3 is 0 Å². The molecule has 0 atom stereocenters. The summed E-state index contributed by atoms with van der Waals surface area (Å²) in [5.74, 6) is 1.06. The molecule has 2 aromatic carbocycles. The van der Waals surface area contributed by atoms with E-state index in [4.69, 9.17) is 0 Å². The van der Waals surface area contributed by atoms with Gasteiger partial charge in [0.2, 0.25) is 5.91 Å². The van der Waals surface area contributed by atoms with Crippen LogP contribution in [0.25, 0.3) is 11.4 Å². The smallest absolute Gasteiger partial charge is 0.234 e. The van der Waals surface area contributed by atoms with E-state index in [1.807, 2.05) is 41.0 Å². The number of aromatic nitrogens is 3. The largest absolute Gasteiger partial charge is 0.325 e. The molecule has 3 aromatic rings. The Bertz CT molecular complexity index is 908. The first-order chi connectivity index (χ1) is 12.6. The third-order valence-electron chi connectivity index (χ3n) is 3.77. The first-order valence-corrected chi connectivity index (χ1v) is 10.3. The van der Waals surface area contributed by atoms with Crippen LogP contribution in [0.2, 0.25) is 0 Å². The van der Waals surface area contributed by atoms with Crippen molar-refractivity contribution in [2.75, 3.05) is 11.1 Å². The number of halogens is 1. The maximum atomic E-state index is 12.2. The number of hydrogen-bond acceptors (Lipinski definition) is 4. The predicted octanol–water partition coefficient (Wildman–Crippen LogP) is 4.61. The molecule has 0 saturated carbocycles. The van der Waals surface area contributed by atoms with Crippen LogP contribution in [-0.4, -0.2) is 26.4 Å². The third kappa shape index (κ3) is 4.64. The van der Waals surface area contributed by atoms with E-state index in [1.54, 1.807) is 0 Å². The van der Waals surface area contributed by atoms with Crippen LogP contribution >= 0.6 is 34.4 Å². The lowest BCUT2D eigenvalue weighted by atomic mass is 10.1. The Labute approximate surface area is 170 Å². The molecule has 0 aliphatic heterocycles. The van der Waals surface area contributed by atoms with E-state index < -0.39 is 0 Å². The molecule has 1 heterocycles. The molecule has 0 bridgehead atoms. The fourth-order valence-electron chi connectivity index (χ4n) is 2.54. The number of nitrogens with one attached hydrogen (secondary N) is 1. The number of amides is 1. The normalized spacial score (nSPS) is 10.7. The number of rotatable bonds is 6. The molecule has 1 aromatic heterocycles. The number of anilines is 1. The van der Waals surface area contributed by atoms with E-state index in [0.717, 1.165) is 32.3 Å². The Hall–Kier alpha value is -1.87. The van der Waals surface area contributed by atoms with Crippen molar-refractivity contribution in [3.63, 3.8) is 0 Å². The number of nitrogens with zero attached hydrogens (tertiary/aromatic N) is 3. The van der Waals surface area contributed by atoms with Crippen molar-refractivity contribution in [1.29, 1.82) is 0 Å². The Morgan fingerprint density at radius 1 is 1.19 bits per heavy atom. The molecule has 0 saturated heterocycles. The number of carbonyl (C=O) groups is 1. The molecular weight excluding hydrogens is 459 g/mol. The molecule has 0 aliphatic carbocycles. The minimum absolute atomic E-state index is 0.0565. The third-order valence-corrected chi connectivity index (χ3v) is 5.46. The van der Waals surface area contributed by atoms with Crippen LogP contribution in [-0.2, 0) is 11.3 Å². The van der Waals surface area contributed by atoms with Gasteiger partial charge in [-0.1, -0.05) is 35.5 Å². The second-order valence-electron chi connectivity index (χ2n) is 5.76. The molecule has 0 radical (unpaired) electrons. The van der Waals surface area contributed by atoms with Crippen LogP contribution in [0.4, 0.5) is 5.69 Å². The lowest BCUT2D eigenvalue weighted by Gasteiger charge is -2.08. The zero-order valence-electron chi connectivity index (χ0n) is 14.6. The van der Waals surface area contributed by atoms with Crippen molar-refractivity contribution >= 4 is 45.9 Å². The van der Waals surface area contributed by atoms with Gasteiger partial charge in [0.15, 0.2) is 11.0 Å². The summed E-state index contributed by atoms with van der Waals surface area (Å²) in [5, 5.41) is 12.3. The van der Waals surface area contributed by atoms with Gasteiger partial charge in [0.25, 0.3) is 0 Å². The molecule has 1 N–H and O–H groups in total. The quantitative estimate of drug-likeness (QED) is 0.416. The molecule has 3 rings (SSSR count). The zero-order chi connectivity index (χ0) is 18.5. The molecule has 134 valence electrons. The van der Waals surface area contributed by atoms with Crippen molar-refractivity contribution in [2.24, 2.45) is 0 Å². The van der Waals surface area contributed by atoms with Crippen molar-refractivity contribution in [2.45, 2.75) is 25.5 Å². The summed E-state index contributed by atoms with van der Waals surface area (Å²) in [6, 6.07) is 15.9. The van der Waals surface area contributed by atoms with Gasteiger partial charge in [0, 0.05) is 21.4 Å². The van der Waals surface area contributed by atoms with Gasteiger partial charge in [0.1, 0.15) is 0 Å². The number of hydrogen-bond donors (Lipinski definition) is 1. The van der Waals surface area contributed by atoms with Gasteiger partial charge in [-0.3, -0.25) is 4.79 Å². The highest BCUT2D eigenvalue weighted by atomic mass is 127. The van der Waals surface area contributed by atoms with Crippen LogP contribution in [0.1, 0.15) is 12.5 Å². The SMILES string of the molecule is CCn1c(SCC(=O)Nc2ccc(I)cc2)nnc1-c1cccc(C)c1. The minimum Gasteiger partial charge on any atom is -0.325 e. The zero-order valence-corrected chi connectivity index (χ0v) is 17.5. The Kier molecular flexibility index (Phi) is 6.31. The van der Waals surface area contributed by atoms with E-state index in [2.05, 4.69) is 64.1 Å². The van der Waals surface area contributed by atoms with E-state index in [1.165, 1.54) is 17.3 Å². The Balaban J connectivity index is 1.68. The molecule has 1 amide bonds. The van der Waals surface area contributed by atoms with Gasteiger partial charge in [-0.15, -0.1) is 10.2 Å². The van der Waals surface area contributed by atoms with Crippen LogP contribution in [0.5, 0.6) is 0 Å². The molecule has 0 aliphatic rings. The van der Waals surface area contributed by atoms with Gasteiger partial charge in [-0.25, -0.2) is 0 Å². The lowest BCUT2D eigenvalue weighted by molar-refractivity contribution is -0.113. The summed E-state index contributed by atoms with van der Waals surface area (Å²) in [7, 11) is 0. The summed E-state index contributed by atoms with van der Waals surface area (Å²) >= 11 is 3.63. The van der Waals surface area contributed by atoms with Crippen LogP contribution in [0.15, 0.2) is 53.7 Å². The second-order valence-corrected chi connectivity index (χ2v) is 7.95. The lowest BCUT2D eigenvalue weighted by Crippen LogP contribution is -2.14. The fourth-order valence-corrected chi connectivity index (χ4v) is 3.70. The maximum Gasteiger partial charge on any atom is 0.234 e. The summed E-state index contributed by atoms with van der Waals surface area (Å²) in [6.45, 7) is 4.86. The predicted molar refractivity (Wildman–Crippen MR) is 114 cm³/mol. The highest BCUT2D eigenvalue weighted by molar-refractivity contribution is 14.1. The fraction of sp³-hybridized carbons (Fsp3) is 0.211. The minimum atomic E-state index is -0.0565. The average Bonchev–Trinajstić information content (AvgIpc) is 3.05. The topological polar surface area (TPSA) is 59.8 Å². The van der Waals surface area contributed by atoms with Gasteiger partial charge in [-0.05, 0) is 66.8 Å². The summed E-state index contributed by atoms with van der Waals surface area (Å²) in [4.78, 5) is 12.2. The molecule has 26 heavy (non-hydrogen) atoms. The molecule has 0 fully saturated rings. The Morgan fingerprint density at radius 3 is 2.65 bits per heavy atom.